The Morgan fingerprint density at radius 1 is 0.864 bits per heavy atom. The monoisotopic (exact) mass is 357 g/mol. The van der Waals surface area contributed by atoms with Gasteiger partial charge in [-0.25, -0.2) is 0 Å². The third kappa shape index (κ3) is 6.63. The maximum Gasteiger partial charge on any atom is 0.359 e. The van der Waals surface area contributed by atoms with Crippen molar-refractivity contribution in [1.82, 2.24) is 5.32 Å². The molecule has 0 aliphatic carbocycles. The summed E-state index contributed by atoms with van der Waals surface area (Å²) in [6, 6.07) is 0. The first-order valence-electron chi connectivity index (χ1n) is 7.56. The van der Waals surface area contributed by atoms with Gasteiger partial charge in [0, 0.05) is 6.54 Å². The Morgan fingerprint density at radius 2 is 1.23 bits per heavy atom. The van der Waals surface area contributed by atoms with Crippen LogP contribution < -0.4 is 5.32 Å². The van der Waals surface area contributed by atoms with Crippen molar-refractivity contribution in [3.8, 4) is 0 Å². The minimum Gasteiger partial charge on any atom is -0.307 e. The number of hydrogen-bond donors (Lipinski definition) is 1. The SMILES string of the molecule is CC=CCNC(P(=O)(OCC)OCC)P(=O)(OCC)OCC. The highest BCUT2D eigenvalue weighted by Crippen LogP contribution is 2.69. The van der Waals surface area contributed by atoms with E-state index in [4.69, 9.17) is 18.1 Å². The minimum absolute atomic E-state index is 0.164. The zero-order chi connectivity index (χ0) is 17.1. The van der Waals surface area contributed by atoms with Crippen molar-refractivity contribution in [3.63, 3.8) is 0 Å². The first-order valence-corrected chi connectivity index (χ1v) is 10.8. The summed E-state index contributed by atoms with van der Waals surface area (Å²) < 4.78 is 47.3. The highest BCUT2D eigenvalue weighted by molar-refractivity contribution is 7.72. The maximum atomic E-state index is 13.0. The summed E-state index contributed by atoms with van der Waals surface area (Å²) in [4.78, 5) is 0. The molecule has 0 atom stereocenters. The normalized spacial score (nSPS) is 13.4. The van der Waals surface area contributed by atoms with Gasteiger partial charge in [-0.1, -0.05) is 12.2 Å². The number of hydrogen-bond acceptors (Lipinski definition) is 7. The lowest BCUT2D eigenvalue weighted by atomic mass is 10.5. The summed E-state index contributed by atoms with van der Waals surface area (Å²) in [5.74, 6) is 0. The Bertz CT molecular complexity index is 365. The predicted molar refractivity (Wildman–Crippen MR) is 88.3 cm³/mol. The molecule has 0 heterocycles. The van der Waals surface area contributed by atoms with E-state index in [9.17, 15) is 9.13 Å². The van der Waals surface area contributed by atoms with E-state index in [1.54, 1.807) is 33.8 Å². The van der Waals surface area contributed by atoms with Crippen LogP contribution in [0.4, 0.5) is 0 Å². The van der Waals surface area contributed by atoms with E-state index in [1.165, 1.54) is 0 Å². The molecule has 0 fully saturated rings. The van der Waals surface area contributed by atoms with Gasteiger partial charge in [0.15, 0.2) is 0 Å². The summed E-state index contributed by atoms with van der Waals surface area (Å²) in [5.41, 5.74) is -1.17. The molecule has 7 nitrogen and oxygen atoms in total. The van der Waals surface area contributed by atoms with Crippen LogP contribution in [0, 0.1) is 0 Å². The van der Waals surface area contributed by atoms with Crippen molar-refractivity contribution in [2.45, 2.75) is 40.1 Å². The molecule has 1 N–H and O–H groups in total. The molecule has 0 aliphatic rings. The zero-order valence-electron chi connectivity index (χ0n) is 14.1. The number of allylic oxidation sites excluding steroid dienone is 1. The van der Waals surface area contributed by atoms with E-state index >= 15 is 0 Å². The van der Waals surface area contributed by atoms with Gasteiger partial charge in [0.2, 0.25) is 5.52 Å². The van der Waals surface area contributed by atoms with Crippen LogP contribution in [0.2, 0.25) is 0 Å². The second kappa shape index (κ2) is 11.5. The summed E-state index contributed by atoms with van der Waals surface area (Å²) in [6.45, 7) is 9.63. The van der Waals surface area contributed by atoms with E-state index in [2.05, 4.69) is 5.32 Å². The molecule has 0 aromatic carbocycles. The van der Waals surface area contributed by atoms with Crippen molar-refractivity contribution < 1.29 is 27.2 Å². The fraction of sp³-hybridized carbons (Fsp3) is 0.846. The molecular formula is C13H29NO6P2. The molecule has 22 heavy (non-hydrogen) atoms. The summed E-state index contributed by atoms with van der Waals surface area (Å²) in [6.07, 6.45) is 3.63. The lowest BCUT2D eigenvalue weighted by Crippen LogP contribution is -2.32. The first kappa shape index (κ1) is 22.0. The van der Waals surface area contributed by atoms with Crippen LogP contribution in [0.1, 0.15) is 34.6 Å². The molecule has 9 heteroatoms. The van der Waals surface area contributed by atoms with E-state index in [1.807, 2.05) is 13.0 Å². The summed E-state index contributed by atoms with van der Waals surface area (Å²) in [7, 11) is -7.42. The van der Waals surface area contributed by atoms with Gasteiger partial charge in [0.05, 0.1) is 26.4 Å². The fourth-order valence-electron chi connectivity index (χ4n) is 1.76. The highest BCUT2D eigenvalue weighted by Gasteiger charge is 2.50. The lowest BCUT2D eigenvalue weighted by Gasteiger charge is -2.31. The average molecular weight is 357 g/mol. The van der Waals surface area contributed by atoms with Gasteiger partial charge in [-0.05, 0) is 34.6 Å². The molecule has 0 radical (unpaired) electrons. The molecule has 0 spiro atoms. The lowest BCUT2D eigenvalue weighted by molar-refractivity contribution is 0.191. The maximum absolute atomic E-state index is 13.0. The van der Waals surface area contributed by atoms with Gasteiger partial charge in [-0.3, -0.25) is 14.4 Å². The van der Waals surface area contributed by atoms with Gasteiger partial charge in [0.1, 0.15) is 0 Å². The van der Waals surface area contributed by atoms with Crippen molar-refractivity contribution in [2.75, 3.05) is 33.0 Å². The average Bonchev–Trinajstić information content (AvgIpc) is 2.44. The Kier molecular flexibility index (Phi) is 11.5. The number of nitrogens with one attached hydrogen (secondary N) is 1. The van der Waals surface area contributed by atoms with Crippen LogP contribution in [0.5, 0.6) is 0 Å². The Labute approximate surface area is 133 Å². The van der Waals surface area contributed by atoms with Crippen LogP contribution in [0.3, 0.4) is 0 Å². The van der Waals surface area contributed by atoms with E-state index in [-0.39, 0.29) is 26.4 Å². The number of rotatable bonds is 13. The van der Waals surface area contributed by atoms with Gasteiger partial charge >= 0.3 is 15.2 Å². The van der Waals surface area contributed by atoms with Gasteiger partial charge < -0.3 is 18.1 Å². The Balaban J connectivity index is 5.63. The predicted octanol–water partition coefficient (Wildman–Crippen LogP) is 3.97. The van der Waals surface area contributed by atoms with Gasteiger partial charge in [-0.2, -0.15) is 0 Å². The molecule has 0 amide bonds. The fourth-order valence-corrected chi connectivity index (χ4v) is 6.76. The smallest absolute Gasteiger partial charge is 0.307 e. The zero-order valence-corrected chi connectivity index (χ0v) is 15.9. The van der Waals surface area contributed by atoms with E-state index in [0.29, 0.717) is 6.54 Å². The molecule has 0 aromatic heterocycles. The van der Waals surface area contributed by atoms with Crippen LogP contribution in [-0.4, -0.2) is 38.5 Å². The van der Waals surface area contributed by atoms with Crippen LogP contribution in [-0.2, 0) is 27.2 Å². The largest absolute Gasteiger partial charge is 0.359 e. The minimum atomic E-state index is -3.71. The molecule has 0 aliphatic heterocycles. The van der Waals surface area contributed by atoms with Crippen LogP contribution in [0.15, 0.2) is 12.2 Å². The standard InChI is InChI=1S/C13H29NO6P2/c1-6-11-12-14-13(21(15,17-7-2)18-8-3)22(16,19-9-4)20-10-5/h6,11,13-14H,7-10,12H2,1-5H3. The summed E-state index contributed by atoms with van der Waals surface area (Å²) in [5, 5.41) is 2.93. The van der Waals surface area contributed by atoms with Crippen LogP contribution >= 0.6 is 15.2 Å². The third-order valence-electron chi connectivity index (χ3n) is 2.49. The second-order valence-corrected chi connectivity index (χ2v) is 8.73. The quantitative estimate of drug-likeness (QED) is 0.394. The van der Waals surface area contributed by atoms with E-state index < -0.39 is 20.7 Å². The topological polar surface area (TPSA) is 83.1 Å². The first-order chi connectivity index (χ1) is 10.4. The molecule has 0 saturated heterocycles. The van der Waals surface area contributed by atoms with Crippen molar-refractivity contribution >= 4 is 15.2 Å². The molecule has 0 saturated carbocycles. The highest BCUT2D eigenvalue weighted by atomic mass is 31.2. The Morgan fingerprint density at radius 3 is 1.50 bits per heavy atom. The van der Waals surface area contributed by atoms with Gasteiger partial charge in [-0.15, -0.1) is 0 Å². The molecule has 0 aromatic rings. The van der Waals surface area contributed by atoms with Crippen molar-refractivity contribution in [1.29, 1.82) is 0 Å². The van der Waals surface area contributed by atoms with E-state index in [0.717, 1.165) is 0 Å². The second-order valence-electron chi connectivity index (χ2n) is 4.10. The van der Waals surface area contributed by atoms with Gasteiger partial charge in [0.25, 0.3) is 0 Å². The molecular weight excluding hydrogens is 328 g/mol. The molecule has 0 rings (SSSR count). The molecule has 132 valence electrons. The van der Waals surface area contributed by atoms with Crippen molar-refractivity contribution in [2.24, 2.45) is 0 Å². The molecule has 0 bridgehead atoms. The van der Waals surface area contributed by atoms with Crippen molar-refractivity contribution in [3.05, 3.63) is 12.2 Å². The summed E-state index contributed by atoms with van der Waals surface area (Å²) >= 11 is 0. The van der Waals surface area contributed by atoms with Crippen LogP contribution in [0.25, 0.3) is 0 Å². The third-order valence-corrected chi connectivity index (χ3v) is 8.22. The Hall–Kier alpha value is -0.0000000000000000416. The molecule has 0 unspecified atom stereocenters.